The van der Waals surface area contributed by atoms with Crippen molar-refractivity contribution in [2.45, 2.75) is 12.3 Å². The van der Waals surface area contributed by atoms with Gasteiger partial charge in [0, 0.05) is 50.2 Å². The number of sulfonamides is 1. The van der Waals surface area contributed by atoms with Gasteiger partial charge in [0.1, 0.15) is 0 Å². The minimum atomic E-state index is -3.17. The number of carbonyl (C=O) groups is 1. The van der Waals surface area contributed by atoms with Crippen LogP contribution in [0.15, 0.2) is 24.3 Å². The van der Waals surface area contributed by atoms with E-state index in [0.29, 0.717) is 43.7 Å². The Balaban J connectivity index is 1.56. The van der Waals surface area contributed by atoms with E-state index in [-0.39, 0.29) is 6.03 Å². The summed E-state index contributed by atoms with van der Waals surface area (Å²) in [7, 11) is -3.17. The van der Waals surface area contributed by atoms with Crippen molar-refractivity contribution in [1.29, 1.82) is 0 Å². The molecule has 0 saturated carbocycles. The number of carbonyl (C=O) groups excluding carboxylic acids is 1. The highest BCUT2D eigenvalue weighted by Crippen LogP contribution is 2.28. The molecular formula is C16H22ClN3O3S. The van der Waals surface area contributed by atoms with Crippen LogP contribution >= 0.6 is 11.6 Å². The van der Waals surface area contributed by atoms with Crippen LogP contribution in [-0.4, -0.2) is 74.1 Å². The number of hydrogen-bond acceptors (Lipinski definition) is 3. The van der Waals surface area contributed by atoms with Gasteiger partial charge in [0.05, 0.1) is 6.26 Å². The summed E-state index contributed by atoms with van der Waals surface area (Å²) in [4.78, 5) is 16.3. The molecular weight excluding hydrogens is 350 g/mol. The van der Waals surface area contributed by atoms with Crippen LogP contribution in [0, 0.1) is 0 Å². The quantitative estimate of drug-likeness (QED) is 0.796. The van der Waals surface area contributed by atoms with Gasteiger partial charge in [-0.05, 0) is 24.1 Å². The number of amides is 2. The number of likely N-dealkylation sites (tertiary alicyclic amines) is 1. The first-order valence-corrected chi connectivity index (χ1v) is 10.3. The Morgan fingerprint density at radius 3 is 2.25 bits per heavy atom. The maximum absolute atomic E-state index is 12.7. The third kappa shape index (κ3) is 3.84. The van der Waals surface area contributed by atoms with E-state index in [1.807, 2.05) is 29.2 Å². The molecule has 6 nitrogen and oxygen atoms in total. The average molecular weight is 372 g/mol. The molecule has 0 radical (unpaired) electrons. The van der Waals surface area contributed by atoms with Gasteiger partial charge in [-0.3, -0.25) is 0 Å². The summed E-state index contributed by atoms with van der Waals surface area (Å²) in [6, 6.07) is 7.81. The van der Waals surface area contributed by atoms with E-state index in [0.717, 1.165) is 13.0 Å². The molecule has 2 aliphatic rings. The van der Waals surface area contributed by atoms with Gasteiger partial charge in [0.2, 0.25) is 10.0 Å². The van der Waals surface area contributed by atoms with E-state index in [9.17, 15) is 13.2 Å². The Morgan fingerprint density at radius 2 is 1.67 bits per heavy atom. The zero-order valence-corrected chi connectivity index (χ0v) is 15.3. The third-order valence-electron chi connectivity index (χ3n) is 4.78. The Morgan fingerprint density at radius 1 is 1.04 bits per heavy atom. The van der Waals surface area contributed by atoms with Gasteiger partial charge >= 0.3 is 6.03 Å². The van der Waals surface area contributed by atoms with Crippen molar-refractivity contribution in [3.63, 3.8) is 0 Å². The zero-order valence-electron chi connectivity index (χ0n) is 13.7. The molecule has 1 aromatic rings. The number of hydrogen-bond donors (Lipinski definition) is 0. The van der Waals surface area contributed by atoms with Crippen molar-refractivity contribution in [3.05, 3.63) is 34.9 Å². The number of urea groups is 1. The lowest BCUT2D eigenvalue weighted by Crippen LogP contribution is -2.53. The fraction of sp³-hybridized carbons (Fsp3) is 0.562. The average Bonchev–Trinajstić information content (AvgIpc) is 3.04. The largest absolute Gasteiger partial charge is 0.324 e. The molecule has 0 bridgehead atoms. The Bertz CT molecular complexity index is 700. The van der Waals surface area contributed by atoms with Crippen LogP contribution in [-0.2, 0) is 10.0 Å². The van der Waals surface area contributed by atoms with Gasteiger partial charge in [-0.15, -0.1) is 0 Å². The highest BCUT2D eigenvalue weighted by atomic mass is 35.5. The number of rotatable bonds is 2. The van der Waals surface area contributed by atoms with Gasteiger partial charge in [-0.1, -0.05) is 23.7 Å². The van der Waals surface area contributed by atoms with E-state index < -0.39 is 10.0 Å². The maximum Gasteiger partial charge on any atom is 0.320 e. The summed E-state index contributed by atoms with van der Waals surface area (Å²) in [6.07, 6.45) is 2.15. The number of piperazine rings is 1. The minimum Gasteiger partial charge on any atom is -0.324 e. The second-order valence-electron chi connectivity index (χ2n) is 6.41. The van der Waals surface area contributed by atoms with E-state index in [1.165, 1.54) is 16.1 Å². The summed E-state index contributed by atoms with van der Waals surface area (Å²) in [6.45, 7) is 3.09. The highest BCUT2D eigenvalue weighted by Gasteiger charge is 2.32. The SMILES string of the molecule is CS(=O)(=O)N1CCN(C(=O)N2CCC(c3ccc(Cl)cc3)C2)CC1. The molecule has 2 saturated heterocycles. The van der Waals surface area contributed by atoms with Crippen molar-refractivity contribution in [3.8, 4) is 0 Å². The third-order valence-corrected chi connectivity index (χ3v) is 6.33. The molecule has 8 heteroatoms. The van der Waals surface area contributed by atoms with Gasteiger partial charge in [0.25, 0.3) is 0 Å². The summed E-state index contributed by atoms with van der Waals surface area (Å²) in [5, 5.41) is 0.716. The second kappa shape index (κ2) is 6.90. The van der Waals surface area contributed by atoms with Gasteiger partial charge in [-0.2, -0.15) is 4.31 Å². The lowest BCUT2D eigenvalue weighted by molar-refractivity contribution is 0.142. The van der Waals surface area contributed by atoms with Crippen molar-refractivity contribution in [1.82, 2.24) is 14.1 Å². The topological polar surface area (TPSA) is 60.9 Å². The van der Waals surface area contributed by atoms with Crippen LogP contribution in [0.5, 0.6) is 0 Å². The number of halogens is 1. The van der Waals surface area contributed by atoms with E-state index in [4.69, 9.17) is 11.6 Å². The second-order valence-corrected chi connectivity index (χ2v) is 8.83. The van der Waals surface area contributed by atoms with Crippen LogP contribution in [0.3, 0.4) is 0 Å². The highest BCUT2D eigenvalue weighted by molar-refractivity contribution is 7.88. The van der Waals surface area contributed by atoms with Crippen LogP contribution in [0.2, 0.25) is 5.02 Å². The van der Waals surface area contributed by atoms with Crippen LogP contribution in [0.4, 0.5) is 4.79 Å². The van der Waals surface area contributed by atoms with Crippen LogP contribution in [0.25, 0.3) is 0 Å². The maximum atomic E-state index is 12.7. The number of nitrogens with zero attached hydrogens (tertiary/aromatic N) is 3. The van der Waals surface area contributed by atoms with E-state index in [2.05, 4.69) is 0 Å². The standard InChI is InChI=1S/C16H22ClN3O3S/c1-24(22,23)20-10-8-18(9-11-20)16(21)19-7-6-14(12-19)13-2-4-15(17)5-3-13/h2-5,14H,6-12H2,1H3. The first kappa shape index (κ1) is 17.5. The molecule has 1 atom stereocenters. The van der Waals surface area contributed by atoms with E-state index in [1.54, 1.807) is 4.90 Å². The molecule has 2 fully saturated rings. The van der Waals surface area contributed by atoms with Gasteiger partial charge in [-0.25, -0.2) is 13.2 Å². The zero-order chi connectivity index (χ0) is 17.3. The molecule has 0 N–H and O–H groups in total. The first-order chi connectivity index (χ1) is 11.3. The van der Waals surface area contributed by atoms with E-state index >= 15 is 0 Å². The van der Waals surface area contributed by atoms with Crippen molar-refractivity contribution in [2.75, 3.05) is 45.5 Å². The van der Waals surface area contributed by atoms with Crippen molar-refractivity contribution < 1.29 is 13.2 Å². The summed E-state index contributed by atoms with van der Waals surface area (Å²) < 4.78 is 24.5. The molecule has 0 spiro atoms. The summed E-state index contributed by atoms with van der Waals surface area (Å²) >= 11 is 5.92. The normalized spacial score (nSPS) is 22.8. The number of benzene rings is 1. The predicted octanol–water partition coefficient (Wildman–Crippen LogP) is 1.83. The van der Waals surface area contributed by atoms with Gasteiger partial charge < -0.3 is 9.80 Å². The fourth-order valence-electron chi connectivity index (χ4n) is 3.35. The molecule has 2 aliphatic heterocycles. The molecule has 2 amide bonds. The fourth-order valence-corrected chi connectivity index (χ4v) is 4.30. The molecule has 3 rings (SSSR count). The lowest BCUT2D eigenvalue weighted by atomic mass is 9.99. The Labute approximate surface area is 148 Å². The molecule has 0 aromatic heterocycles. The monoisotopic (exact) mass is 371 g/mol. The molecule has 24 heavy (non-hydrogen) atoms. The van der Waals surface area contributed by atoms with Crippen LogP contribution < -0.4 is 0 Å². The minimum absolute atomic E-state index is 0.0135. The van der Waals surface area contributed by atoms with Crippen molar-refractivity contribution in [2.24, 2.45) is 0 Å². The smallest absolute Gasteiger partial charge is 0.320 e. The van der Waals surface area contributed by atoms with Crippen molar-refractivity contribution >= 4 is 27.7 Å². The van der Waals surface area contributed by atoms with Gasteiger partial charge in [0.15, 0.2) is 0 Å². The summed E-state index contributed by atoms with van der Waals surface area (Å²) in [5.74, 6) is 0.337. The molecule has 1 aromatic carbocycles. The molecule has 132 valence electrons. The molecule has 1 unspecified atom stereocenters. The summed E-state index contributed by atoms with van der Waals surface area (Å²) in [5.41, 5.74) is 1.21. The molecule has 2 heterocycles. The lowest BCUT2D eigenvalue weighted by Gasteiger charge is -2.35. The first-order valence-electron chi connectivity index (χ1n) is 8.09. The Hall–Kier alpha value is -1.31. The Kier molecular flexibility index (Phi) is 5.03. The van der Waals surface area contributed by atoms with Crippen LogP contribution in [0.1, 0.15) is 17.9 Å². The molecule has 0 aliphatic carbocycles. The predicted molar refractivity (Wildman–Crippen MR) is 93.8 cm³/mol.